The molecular weight excluding hydrogens is 256 g/mol. The van der Waals surface area contributed by atoms with Gasteiger partial charge in [-0.05, 0) is 26.0 Å². The van der Waals surface area contributed by atoms with Crippen molar-refractivity contribution < 1.29 is 4.79 Å². The molecular formula is C14H14N4O2. The van der Waals surface area contributed by atoms with Gasteiger partial charge in [-0.1, -0.05) is 0 Å². The molecule has 0 spiro atoms. The maximum Gasteiger partial charge on any atom is 0.256 e. The van der Waals surface area contributed by atoms with E-state index in [1.165, 1.54) is 0 Å². The molecule has 0 radical (unpaired) electrons. The largest absolute Gasteiger partial charge is 0.328 e. The van der Waals surface area contributed by atoms with Crippen LogP contribution in [0.5, 0.6) is 0 Å². The Labute approximate surface area is 115 Å². The Morgan fingerprint density at radius 2 is 2.10 bits per heavy atom. The molecule has 1 aliphatic rings. The molecule has 1 amide bonds. The van der Waals surface area contributed by atoms with Gasteiger partial charge in [0.05, 0.1) is 29.9 Å². The van der Waals surface area contributed by atoms with Crippen molar-refractivity contribution >= 4 is 5.91 Å². The zero-order chi connectivity index (χ0) is 14.3. The van der Waals surface area contributed by atoms with E-state index < -0.39 is 0 Å². The van der Waals surface area contributed by atoms with Gasteiger partial charge in [0.15, 0.2) is 0 Å². The quantitative estimate of drug-likeness (QED) is 0.836. The zero-order valence-corrected chi connectivity index (χ0v) is 11.3. The molecule has 0 bridgehead atoms. The molecule has 102 valence electrons. The number of fused-ring (bicyclic) bond motifs is 1. The summed E-state index contributed by atoms with van der Waals surface area (Å²) in [6.45, 7) is 4.26. The number of amides is 1. The lowest BCUT2D eigenvalue weighted by Gasteiger charge is -2.14. The lowest BCUT2D eigenvalue weighted by molar-refractivity contribution is 0.0749. The van der Waals surface area contributed by atoms with Gasteiger partial charge in [0.25, 0.3) is 11.5 Å². The summed E-state index contributed by atoms with van der Waals surface area (Å²) in [4.78, 5) is 36.9. The van der Waals surface area contributed by atoms with E-state index in [2.05, 4.69) is 15.0 Å². The minimum Gasteiger partial charge on any atom is -0.328 e. The van der Waals surface area contributed by atoms with E-state index in [1.54, 1.807) is 30.2 Å². The van der Waals surface area contributed by atoms with E-state index in [1.807, 2.05) is 6.92 Å². The molecule has 3 heterocycles. The molecule has 3 rings (SSSR count). The summed E-state index contributed by atoms with van der Waals surface area (Å²) in [7, 11) is 0. The Balaban J connectivity index is 1.88. The van der Waals surface area contributed by atoms with Crippen molar-refractivity contribution in [1.82, 2.24) is 19.9 Å². The van der Waals surface area contributed by atoms with Gasteiger partial charge in [0, 0.05) is 11.9 Å². The highest BCUT2D eigenvalue weighted by Crippen LogP contribution is 2.19. The van der Waals surface area contributed by atoms with Gasteiger partial charge in [0.1, 0.15) is 5.82 Å². The second kappa shape index (κ2) is 4.56. The van der Waals surface area contributed by atoms with Gasteiger partial charge >= 0.3 is 0 Å². The molecule has 0 atom stereocenters. The summed E-state index contributed by atoms with van der Waals surface area (Å²) in [5.74, 6) is 0.438. The molecule has 1 aliphatic heterocycles. The number of H-pyrrole nitrogens is 1. The lowest BCUT2D eigenvalue weighted by atomic mass is 10.2. The van der Waals surface area contributed by atoms with E-state index in [4.69, 9.17) is 0 Å². The summed E-state index contributed by atoms with van der Waals surface area (Å²) in [5.41, 5.74) is 2.48. The van der Waals surface area contributed by atoms with Gasteiger partial charge in [-0.3, -0.25) is 14.6 Å². The fraction of sp³-hybridized carbons (Fsp3) is 0.286. The minimum atomic E-state index is -0.162. The van der Waals surface area contributed by atoms with Gasteiger partial charge < -0.3 is 9.88 Å². The molecule has 0 fully saturated rings. The van der Waals surface area contributed by atoms with Crippen molar-refractivity contribution in [3.63, 3.8) is 0 Å². The SMILES string of the molecule is Cc1ccc(C(=O)N2Cc3nc(C)[nH]c(=O)c3C2)cn1. The monoisotopic (exact) mass is 270 g/mol. The average molecular weight is 270 g/mol. The van der Waals surface area contributed by atoms with Crippen LogP contribution in [0.25, 0.3) is 0 Å². The van der Waals surface area contributed by atoms with Crippen LogP contribution in [-0.2, 0) is 13.1 Å². The zero-order valence-electron chi connectivity index (χ0n) is 11.3. The standard InChI is InChI=1S/C14H14N4O2/c1-8-3-4-10(5-15-8)14(20)18-6-11-12(7-18)16-9(2)17-13(11)19/h3-5H,6-7H2,1-2H3,(H,16,17,19). The van der Waals surface area contributed by atoms with Crippen molar-refractivity contribution in [2.45, 2.75) is 26.9 Å². The third kappa shape index (κ3) is 2.09. The van der Waals surface area contributed by atoms with E-state index in [-0.39, 0.29) is 11.5 Å². The highest BCUT2D eigenvalue weighted by molar-refractivity contribution is 5.94. The first-order valence-corrected chi connectivity index (χ1v) is 6.35. The van der Waals surface area contributed by atoms with E-state index in [9.17, 15) is 9.59 Å². The predicted octanol–water partition coefficient (Wildman–Crippen LogP) is 0.938. The first kappa shape index (κ1) is 12.5. The number of nitrogens with one attached hydrogen (secondary N) is 1. The van der Waals surface area contributed by atoms with Crippen LogP contribution >= 0.6 is 0 Å². The van der Waals surface area contributed by atoms with Gasteiger partial charge in [-0.25, -0.2) is 4.98 Å². The Kier molecular flexibility index (Phi) is 2.85. The number of aromatic nitrogens is 3. The van der Waals surface area contributed by atoms with Crippen LogP contribution in [-0.4, -0.2) is 25.8 Å². The topological polar surface area (TPSA) is 79.0 Å². The summed E-state index contributed by atoms with van der Waals surface area (Å²) in [6.07, 6.45) is 1.56. The molecule has 1 N–H and O–H groups in total. The summed E-state index contributed by atoms with van der Waals surface area (Å²) in [5, 5.41) is 0. The summed E-state index contributed by atoms with van der Waals surface area (Å²) >= 11 is 0. The number of carbonyl (C=O) groups excluding carboxylic acids is 1. The molecule has 6 heteroatoms. The third-order valence-corrected chi connectivity index (χ3v) is 3.35. The van der Waals surface area contributed by atoms with Crippen molar-refractivity contribution in [3.05, 3.63) is 57.0 Å². The molecule has 0 unspecified atom stereocenters. The van der Waals surface area contributed by atoms with Crippen LogP contribution in [0.3, 0.4) is 0 Å². The second-order valence-corrected chi connectivity index (χ2v) is 4.93. The first-order chi connectivity index (χ1) is 9.54. The Morgan fingerprint density at radius 1 is 1.30 bits per heavy atom. The first-order valence-electron chi connectivity index (χ1n) is 6.35. The van der Waals surface area contributed by atoms with Gasteiger partial charge in [-0.2, -0.15) is 0 Å². The summed E-state index contributed by atoms with van der Waals surface area (Å²) in [6, 6.07) is 3.54. The maximum atomic E-state index is 12.4. The Bertz CT molecular complexity index is 734. The second-order valence-electron chi connectivity index (χ2n) is 4.93. The van der Waals surface area contributed by atoms with Crippen LogP contribution < -0.4 is 5.56 Å². The molecule has 0 aromatic carbocycles. The van der Waals surface area contributed by atoms with Gasteiger partial charge in [-0.15, -0.1) is 0 Å². The fourth-order valence-electron chi connectivity index (χ4n) is 2.31. The number of carbonyl (C=O) groups is 1. The van der Waals surface area contributed by atoms with Crippen LogP contribution in [0.4, 0.5) is 0 Å². The third-order valence-electron chi connectivity index (χ3n) is 3.35. The smallest absolute Gasteiger partial charge is 0.256 e. The molecule has 2 aromatic heterocycles. The number of rotatable bonds is 1. The lowest BCUT2D eigenvalue weighted by Crippen LogP contribution is -2.26. The number of hydrogen-bond donors (Lipinski definition) is 1. The Hall–Kier alpha value is -2.50. The van der Waals surface area contributed by atoms with E-state index in [0.29, 0.717) is 35.7 Å². The van der Waals surface area contributed by atoms with Crippen molar-refractivity contribution in [3.8, 4) is 0 Å². The summed E-state index contributed by atoms with van der Waals surface area (Å²) < 4.78 is 0. The fourth-order valence-corrected chi connectivity index (χ4v) is 2.31. The number of pyridine rings is 1. The van der Waals surface area contributed by atoms with Crippen molar-refractivity contribution in [2.75, 3.05) is 0 Å². The van der Waals surface area contributed by atoms with Crippen LogP contribution in [0, 0.1) is 13.8 Å². The molecule has 0 saturated carbocycles. The number of aryl methyl sites for hydroxylation is 2. The van der Waals surface area contributed by atoms with Crippen LogP contribution in [0.15, 0.2) is 23.1 Å². The normalized spacial score (nSPS) is 13.4. The molecule has 0 aliphatic carbocycles. The van der Waals surface area contributed by atoms with Crippen LogP contribution in [0.2, 0.25) is 0 Å². The number of nitrogens with zero attached hydrogens (tertiary/aromatic N) is 3. The minimum absolute atomic E-state index is 0.132. The van der Waals surface area contributed by atoms with E-state index >= 15 is 0 Å². The number of aromatic amines is 1. The number of hydrogen-bond acceptors (Lipinski definition) is 4. The van der Waals surface area contributed by atoms with Crippen molar-refractivity contribution in [1.29, 1.82) is 0 Å². The highest BCUT2D eigenvalue weighted by Gasteiger charge is 2.27. The van der Waals surface area contributed by atoms with Gasteiger partial charge in [0.2, 0.25) is 0 Å². The van der Waals surface area contributed by atoms with Crippen LogP contribution in [0.1, 0.15) is 33.1 Å². The van der Waals surface area contributed by atoms with Crippen molar-refractivity contribution in [2.24, 2.45) is 0 Å². The average Bonchev–Trinajstić information content (AvgIpc) is 2.83. The maximum absolute atomic E-state index is 12.4. The molecule has 2 aromatic rings. The Morgan fingerprint density at radius 3 is 2.80 bits per heavy atom. The molecule has 20 heavy (non-hydrogen) atoms. The predicted molar refractivity (Wildman–Crippen MR) is 72.1 cm³/mol. The molecule has 0 saturated heterocycles. The molecule has 6 nitrogen and oxygen atoms in total. The van der Waals surface area contributed by atoms with E-state index in [0.717, 1.165) is 5.69 Å². The highest BCUT2D eigenvalue weighted by atomic mass is 16.2.